The van der Waals surface area contributed by atoms with Crippen LogP contribution in [-0.2, 0) is 5.41 Å². The lowest BCUT2D eigenvalue weighted by molar-refractivity contribution is 0.397. The van der Waals surface area contributed by atoms with Gasteiger partial charge in [-0.05, 0) is 38.0 Å². The van der Waals surface area contributed by atoms with Gasteiger partial charge < -0.3 is 22.1 Å². The Hall–Kier alpha value is -1.47. The average molecular weight is 291 g/mol. The van der Waals surface area contributed by atoms with Crippen molar-refractivity contribution >= 4 is 11.9 Å². The first kappa shape index (κ1) is 14.5. The summed E-state index contributed by atoms with van der Waals surface area (Å²) >= 11 is 0. The van der Waals surface area contributed by atoms with E-state index >= 15 is 0 Å². The summed E-state index contributed by atoms with van der Waals surface area (Å²) < 4.78 is 0. The van der Waals surface area contributed by atoms with Crippen molar-refractivity contribution in [1.82, 2.24) is 15.0 Å². The number of nitrogens with one attached hydrogen (secondary N) is 2. The number of aromatic nitrogens is 3. The SMILES string of the molecule is NCCNc1nc(NCCN)nc(C23CCC(CC2)C3)n1. The summed E-state index contributed by atoms with van der Waals surface area (Å²) in [5, 5.41) is 6.34. The highest BCUT2D eigenvalue weighted by Gasteiger charge is 2.48. The molecule has 2 aliphatic rings. The normalized spacial score (nSPS) is 27.0. The first-order chi connectivity index (χ1) is 10.3. The Bertz CT molecular complexity index is 456. The minimum atomic E-state index is 0.173. The number of hydrogen-bond acceptors (Lipinski definition) is 7. The second kappa shape index (κ2) is 6.11. The van der Waals surface area contributed by atoms with Crippen molar-refractivity contribution in [2.24, 2.45) is 17.4 Å². The van der Waals surface area contributed by atoms with E-state index in [9.17, 15) is 0 Å². The topological polar surface area (TPSA) is 115 Å². The summed E-state index contributed by atoms with van der Waals surface area (Å²) in [5.74, 6) is 3.05. The molecule has 2 saturated carbocycles. The van der Waals surface area contributed by atoms with Crippen molar-refractivity contribution in [3.05, 3.63) is 5.82 Å². The summed E-state index contributed by atoms with van der Waals surface area (Å²) in [6.45, 7) is 2.43. The van der Waals surface area contributed by atoms with Crippen LogP contribution in [0.15, 0.2) is 0 Å². The minimum absolute atomic E-state index is 0.173. The maximum Gasteiger partial charge on any atom is 0.227 e. The van der Waals surface area contributed by atoms with Crippen molar-refractivity contribution in [1.29, 1.82) is 0 Å². The fourth-order valence-corrected chi connectivity index (χ4v) is 3.65. The molecule has 116 valence electrons. The van der Waals surface area contributed by atoms with E-state index < -0.39 is 0 Å². The van der Waals surface area contributed by atoms with Crippen molar-refractivity contribution in [2.75, 3.05) is 36.8 Å². The Kier molecular flexibility index (Phi) is 4.21. The summed E-state index contributed by atoms with van der Waals surface area (Å²) in [6.07, 6.45) is 6.25. The number of fused-ring (bicyclic) bond motifs is 2. The zero-order valence-corrected chi connectivity index (χ0v) is 12.4. The van der Waals surface area contributed by atoms with Crippen LogP contribution in [0.2, 0.25) is 0 Å². The quantitative estimate of drug-likeness (QED) is 0.576. The maximum absolute atomic E-state index is 5.55. The Morgan fingerprint density at radius 2 is 1.52 bits per heavy atom. The maximum atomic E-state index is 5.55. The summed E-state index contributed by atoms with van der Waals surface area (Å²) in [7, 11) is 0. The van der Waals surface area contributed by atoms with Crippen LogP contribution < -0.4 is 22.1 Å². The molecular weight excluding hydrogens is 266 g/mol. The van der Waals surface area contributed by atoms with Crippen LogP contribution in [0.5, 0.6) is 0 Å². The third kappa shape index (κ3) is 2.94. The molecule has 2 aliphatic carbocycles. The smallest absolute Gasteiger partial charge is 0.227 e. The second-order valence-corrected chi connectivity index (χ2v) is 6.16. The first-order valence-electron chi connectivity index (χ1n) is 7.90. The van der Waals surface area contributed by atoms with Crippen molar-refractivity contribution in [2.45, 2.75) is 37.5 Å². The molecular formula is C14H25N7. The van der Waals surface area contributed by atoms with Gasteiger partial charge in [-0.15, -0.1) is 0 Å². The monoisotopic (exact) mass is 291 g/mol. The van der Waals surface area contributed by atoms with Gasteiger partial charge in [-0.3, -0.25) is 0 Å². The lowest BCUT2D eigenvalue weighted by Gasteiger charge is -2.25. The molecule has 3 rings (SSSR count). The zero-order chi connectivity index (χ0) is 14.7. The van der Waals surface area contributed by atoms with Gasteiger partial charge in [0.1, 0.15) is 5.82 Å². The molecule has 1 aromatic rings. The second-order valence-electron chi connectivity index (χ2n) is 6.16. The van der Waals surface area contributed by atoms with Gasteiger partial charge in [0.15, 0.2) is 0 Å². The molecule has 0 spiro atoms. The van der Waals surface area contributed by atoms with Gasteiger partial charge in [-0.25, -0.2) is 0 Å². The number of hydrogen-bond donors (Lipinski definition) is 4. The van der Waals surface area contributed by atoms with E-state index in [-0.39, 0.29) is 5.41 Å². The highest BCUT2D eigenvalue weighted by molar-refractivity contribution is 5.36. The highest BCUT2D eigenvalue weighted by atomic mass is 15.2. The molecule has 1 aromatic heterocycles. The average Bonchev–Trinajstić information content (AvgIpc) is 3.13. The van der Waals surface area contributed by atoms with E-state index in [0.717, 1.165) is 11.7 Å². The van der Waals surface area contributed by atoms with Crippen LogP contribution >= 0.6 is 0 Å². The fourth-order valence-electron chi connectivity index (χ4n) is 3.65. The standard InChI is InChI=1S/C14H25N7/c15-5-7-17-12-19-11(20-13(21-12)18-8-6-16)14-3-1-10(9-14)2-4-14/h10H,1-9,15-16H2,(H2,17,18,19,20,21). The van der Waals surface area contributed by atoms with Gasteiger partial charge in [0.05, 0.1) is 0 Å². The lowest BCUT2D eigenvalue weighted by Crippen LogP contribution is -2.26. The van der Waals surface area contributed by atoms with Gasteiger partial charge in [0.25, 0.3) is 0 Å². The molecule has 1 heterocycles. The molecule has 7 nitrogen and oxygen atoms in total. The van der Waals surface area contributed by atoms with Crippen LogP contribution in [0.25, 0.3) is 0 Å². The van der Waals surface area contributed by atoms with E-state index in [2.05, 4.69) is 25.6 Å². The number of nitrogens with two attached hydrogens (primary N) is 2. The van der Waals surface area contributed by atoms with Gasteiger partial charge >= 0.3 is 0 Å². The molecule has 0 unspecified atom stereocenters. The van der Waals surface area contributed by atoms with Crippen LogP contribution in [0.1, 0.15) is 37.9 Å². The third-order valence-electron chi connectivity index (χ3n) is 4.71. The highest BCUT2D eigenvalue weighted by Crippen LogP contribution is 2.54. The zero-order valence-electron chi connectivity index (χ0n) is 12.4. The molecule has 0 aliphatic heterocycles. The van der Waals surface area contributed by atoms with Gasteiger partial charge in [0, 0.05) is 31.6 Å². The molecule has 7 heteroatoms. The molecule has 6 N–H and O–H groups in total. The number of nitrogens with zero attached hydrogens (tertiary/aromatic N) is 3. The molecule has 0 amide bonds. The Morgan fingerprint density at radius 1 is 0.952 bits per heavy atom. The first-order valence-corrected chi connectivity index (χ1v) is 7.90. The van der Waals surface area contributed by atoms with Gasteiger partial charge in [0.2, 0.25) is 11.9 Å². The number of anilines is 2. The van der Waals surface area contributed by atoms with Gasteiger partial charge in [-0.2, -0.15) is 15.0 Å². The van der Waals surface area contributed by atoms with Crippen molar-refractivity contribution in [3.8, 4) is 0 Å². The fraction of sp³-hybridized carbons (Fsp3) is 0.786. The van der Waals surface area contributed by atoms with Crippen molar-refractivity contribution < 1.29 is 0 Å². The predicted molar refractivity (Wildman–Crippen MR) is 83.2 cm³/mol. The van der Waals surface area contributed by atoms with Crippen molar-refractivity contribution in [3.63, 3.8) is 0 Å². The van der Waals surface area contributed by atoms with E-state index in [0.29, 0.717) is 38.1 Å². The molecule has 0 radical (unpaired) electrons. The molecule has 0 aromatic carbocycles. The Morgan fingerprint density at radius 3 is 1.95 bits per heavy atom. The van der Waals surface area contributed by atoms with E-state index in [1.165, 1.54) is 32.1 Å². The molecule has 0 atom stereocenters. The summed E-state index contributed by atoms with van der Waals surface area (Å²) in [4.78, 5) is 13.7. The number of rotatable bonds is 7. The molecule has 21 heavy (non-hydrogen) atoms. The molecule has 0 saturated heterocycles. The van der Waals surface area contributed by atoms with Crippen LogP contribution in [0.4, 0.5) is 11.9 Å². The largest absolute Gasteiger partial charge is 0.353 e. The third-order valence-corrected chi connectivity index (χ3v) is 4.71. The van der Waals surface area contributed by atoms with E-state index in [4.69, 9.17) is 11.5 Å². The predicted octanol–water partition coefficient (Wildman–Crippen LogP) is 0.444. The lowest BCUT2D eigenvalue weighted by atomic mass is 9.83. The Labute approximate surface area is 125 Å². The summed E-state index contributed by atoms with van der Waals surface area (Å²) in [6, 6.07) is 0. The van der Waals surface area contributed by atoms with Gasteiger partial charge in [-0.1, -0.05) is 0 Å². The van der Waals surface area contributed by atoms with E-state index in [1.807, 2.05) is 0 Å². The molecule has 2 bridgehead atoms. The molecule has 2 fully saturated rings. The van der Waals surface area contributed by atoms with Crippen LogP contribution in [0, 0.1) is 5.92 Å². The summed E-state index contributed by atoms with van der Waals surface area (Å²) in [5.41, 5.74) is 11.3. The van der Waals surface area contributed by atoms with Crippen LogP contribution in [-0.4, -0.2) is 41.1 Å². The van der Waals surface area contributed by atoms with Crippen LogP contribution in [0.3, 0.4) is 0 Å². The Balaban J connectivity index is 1.87. The van der Waals surface area contributed by atoms with E-state index in [1.54, 1.807) is 0 Å². The minimum Gasteiger partial charge on any atom is -0.353 e.